The number of fused-ring (bicyclic) bond motifs is 1. The minimum absolute atomic E-state index is 0.0202. The molecule has 1 aliphatic carbocycles. The lowest BCUT2D eigenvalue weighted by Gasteiger charge is -2.31. The predicted molar refractivity (Wildman–Crippen MR) is 72.7 cm³/mol. The number of nitrogens with two attached hydrogens (primary N) is 1. The van der Waals surface area contributed by atoms with Crippen LogP contribution in [0, 0.1) is 5.92 Å². The molecule has 114 valence electrons. The fraction of sp³-hybridized carbons (Fsp3) is 0.571. The number of aliphatic hydroxyl groups excluding tert-OH is 1. The van der Waals surface area contributed by atoms with Crippen LogP contribution >= 0.6 is 0 Å². The second-order valence-electron chi connectivity index (χ2n) is 5.71. The van der Waals surface area contributed by atoms with E-state index in [1.54, 1.807) is 23.0 Å². The van der Waals surface area contributed by atoms with Gasteiger partial charge in [-0.1, -0.05) is 0 Å². The van der Waals surface area contributed by atoms with E-state index >= 15 is 0 Å². The van der Waals surface area contributed by atoms with Crippen LogP contribution in [-0.4, -0.2) is 25.6 Å². The molecule has 1 aliphatic rings. The first-order chi connectivity index (χ1) is 9.98. The van der Waals surface area contributed by atoms with Gasteiger partial charge in [-0.3, -0.25) is 0 Å². The molecule has 7 heteroatoms. The molecule has 0 bridgehead atoms. The molecule has 1 fully saturated rings. The van der Waals surface area contributed by atoms with Gasteiger partial charge in [-0.25, -0.2) is 18.3 Å². The van der Waals surface area contributed by atoms with E-state index in [4.69, 9.17) is 10.8 Å². The van der Waals surface area contributed by atoms with Crippen molar-refractivity contribution in [3.05, 3.63) is 29.7 Å². The lowest BCUT2D eigenvalue weighted by Crippen LogP contribution is -2.31. The maximum absolute atomic E-state index is 13.2. The van der Waals surface area contributed by atoms with Gasteiger partial charge < -0.3 is 10.8 Å². The third kappa shape index (κ3) is 2.89. The lowest BCUT2D eigenvalue weighted by molar-refractivity contribution is -0.0484. The summed E-state index contributed by atoms with van der Waals surface area (Å²) >= 11 is 0. The van der Waals surface area contributed by atoms with Gasteiger partial charge in [-0.05, 0) is 24.8 Å². The molecule has 0 amide bonds. The zero-order valence-electron chi connectivity index (χ0n) is 11.5. The lowest BCUT2D eigenvalue weighted by atomic mass is 9.81. The van der Waals surface area contributed by atoms with Crippen LogP contribution in [0.1, 0.15) is 43.0 Å². The van der Waals surface area contributed by atoms with Crippen LogP contribution in [0.2, 0.25) is 0 Å². The molecule has 2 heterocycles. The smallest absolute Gasteiger partial charge is 0.248 e. The highest BCUT2D eigenvalue weighted by molar-refractivity contribution is 5.41. The van der Waals surface area contributed by atoms with Crippen molar-refractivity contribution in [2.75, 3.05) is 0 Å². The molecule has 0 saturated heterocycles. The fourth-order valence-electron chi connectivity index (χ4n) is 2.84. The standard InChI is InChI=1S/C14H18F2N4O/c15-14(16)3-1-10(2-4-14)13(17)11-7-20-12(19-11)5-9(8-21)6-18-20/h5-7,10,13,21H,1-4,8,17H2/t13-/m0/s1. The fourth-order valence-corrected chi connectivity index (χ4v) is 2.84. The molecule has 0 aliphatic heterocycles. The van der Waals surface area contributed by atoms with E-state index in [0.29, 0.717) is 29.7 Å². The van der Waals surface area contributed by atoms with Crippen molar-refractivity contribution >= 4 is 5.65 Å². The average Bonchev–Trinajstić information content (AvgIpc) is 2.89. The summed E-state index contributed by atoms with van der Waals surface area (Å²) in [4.78, 5) is 4.41. The van der Waals surface area contributed by atoms with E-state index in [9.17, 15) is 8.78 Å². The van der Waals surface area contributed by atoms with Crippen LogP contribution in [0.25, 0.3) is 5.65 Å². The maximum atomic E-state index is 13.2. The van der Waals surface area contributed by atoms with Gasteiger partial charge in [0.25, 0.3) is 0 Å². The molecular formula is C14H18F2N4O. The van der Waals surface area contributed by atoms with Crippen molar-refractivity contribution in [3.63, 3.8) is 0 Å². The van der Waals surface area contributed by atoms with Crippen LogP contribution in [-0.2, 0) is 6.61 Å². The minimum Gasteiger partial charge on any atom is -0.392 e. The van der Waals surface area contributed by atoms with Gasteiger partial charge >= 0.3 is 0 Å². The van der Waals surface area contributed by atoms with Crippen molar-refractivity contribution in [1.82, 2.24) is 14.6 Å². The van der Waals surface area contributed by atoms with Crippen LogP contribution in [0.3, 0.4) is 0 Å². The van der Waals surface area contributed by atoms with E-state index in [0.717, 1.165) is 0 Å². The molecule has 0 radical (unpaired) electrons. The van der Waals surface area contributed by atoms with E-state index < -0.39 is 5.92 Å². The molecule has 21 heavy (non-hydrogen) atoms. The van der Waals surface area contributed by atoms with Crippen LogP contribution in [0.5, 0.6) is 0 Å². The maximum Gasteiger partial charge on any atom is 0.248 e. The Morgan fingerprint density at radius 1 is 1.43 bits per heavy atom. The van der Waals surface area contributed by atoms with E-state index in [1.165, 1.54) is 0 Å². The van der Waals surface area contributed by atoms with Crippen molar-refractivity contribution < 1.29 is 13.9 Å². The van der Waals surface area contributed by atoms with Crippen LogP contribution < -0.4 is 5.73 Å². The summed E-state index contributed by atoms with van der Waals surface area (Å²) in [5.74, 6) is -2.53. The van der Waals surface area contributed by atoms with Gasteiger partial charge in [0, 0.05) is 18.4 Å². The van der Waals surface area contributed by atoms with Gasteiger partial charge in [0.15, 0.2) is 5.65 Å². The first-order valence-electron chi connectivity index (χ1n) is 7.07. The number of alkyl halides is 2. The zero-order chi connectivity index (χ0) is 15.0. The molecular weight excluding hydrogens is 278 g/mol. The number of aliphatic hydroxyl groups is 1. The highest BCUT2D eigenvalue weighted by Gasteiger charge is 2.37. The van der Waals surface area contributed by atoms with Gasteiger partial charge in [0.1, 0.15) is 0 Å². The number of imidazole rings is 1. The Balaban J connectivity index is 1.80. The molecule has 2 aromatic rings. The molecule has 0 unspecified atom stereocenters. The highest BCUT2D eigenvalue weighted by Crippen LogP contribution is 2.40. The van der Waals surface area contributed by atoms with Crippen molar-refractivity contribution in [2.45, 2.75) is 44.3 Å². The summed E-state index contributed by atoms with van der Waals surface area (Å²) in [7, 11) is 0. The summed E-state index contributed by atoms with van der Waals surface area (Å²) < 4.78 is 28.0. The highest BCUT2D eigenvalue weighted by atomic mass is 19.3. The molecule has 1 saturated carbocycles. The Morgan fingerprint density at radius 3 is 2.81 bits per heavy atom. The summed E-state index contributed by atoms with van der Waals surface area (Å²) in [5.41, 5.74) is 8.13. The van der Waals surface area contributed by atoms with Crippen molar-refractivity contribution in [3.8, 4) is 0 Å². The van der Waals surface area contributed by atoms with Gasteiger partial charge in [0.05, 0.1) is 30.7 Å². The molecule has 0 spiro atoms. The normalized spacial score (nSPS) is 20.8. The van der Waals surface area contributed by atoms with Gasteiger partial charge in [-0.15, -0.1) is 0 Å². The number of rotatable bonds is 3. The Morgan fingerprint density at radius 2 is 2.14 bits per heavy atom. The topological polar surface area (TPSA) is 76.4 Å². The van der Waals surface area contributed by atoms with Crippen LogP contribution in [0.15, 0.2) is 18.5 Å². The largest absolute Gasteiger partial charge is 0.392 e. The van der Waals surface area contributed by atoms with Crippen LogP contribution in [0.4, 0.5) is 8.78 Å². The minimum atomic E-state index is -2.55. The molecule has 3 rings (SSSR count). The van der Waals surface area contributed by atoms with E-state index in [2.05, 4.69) is 10.1 Å². The predicted octanol–water partition coefficient (Wildman–Crippen LogP) is 2.05. The van der Waals surface area contributed by atoms with E-state index in [-0.39, 0.29) is 31.4 Å². The molecule has 1 atom stereocenters. The monoisotopic (exact) mass is 296 g/mol. The van der Waals surface area contributed by atoms with Crippen molar-refractivity contribution in [2.24, 2.45) is 11.7 Å². The van der Waals surface area contributed by atoms with Gasteiger partial charge in [0.2, 0.25) is 5.92 Å². The van der Waals surface area contributed by atoms with E-state index in [1.807, 2.05) is 0 Å². The Labute approximate surface area is 120 Å². The molecule has 0 aromatic carbocycles. The summed E-state index contributed by atoms with van der Waals surface area (Å²) in [6.07, 6.45) is 3.91. The molecule has 2 aromatic heterocycles. The number of aromatic nitrogens is 3. The number of halogens is 2. The first kappa shape index (κ1) is 14.3. The zero-order valence-corrected chi connectivity index (χ0v) is 11.5. The average molecular weight is 296 g/mol. The Bertz CT molecular complexity index is 633. The molecule has 3 N–H and O–H groups in total. The SMILES string of the molecule is N[C@H](c1cn2ncc(CO)cc2n1)C1CCC(F)(F)CC1. The number of hydrogen-bond donors (Lipinski definition) is 2. The summed E-state index contributed by atoms with van der Waals surface area (Å²) in [6, 6.07) is 1.37. The number of hydrogen-bond acceptors (Lipinski definition) is 4. The third-order valence-corrected chi connectivity index (χ3v) is 4.19. The molecule has 5 nitrogen and oxygen atoms in total. The van der Waals surface area contributed by atoms with Crippen molar-refractivity contribution in [1.29, 1.82) is 0 Å². The summed E-state index contributed by atoms with van der Waals surface area (Å²) in [5, 5.41) is 13.2. The second kappa shape index (κ2) is 5.31. The third-order valence-electron chi connectivity index (χ3n) is 4.19. The van der Waals surface area contributed by atoms with Gasteiger partial charge in [-0.2, -0.15) is 5.10 Å². The quantitative estimate of drug-likeness (QED) is 0.909. The second-order valence-corrected chi connectivity index (χ2v) is 5.71. The first-order valence-corrected chi connectivity index (χ1v) is 7.07. The number of nitrogens with zero attached hydrogens (tertiary/aromatic N) is 3. The Kier molecular flexibility index (Phi) is 3.62. The Hall–Kier alpha value is -1.60. The summed E-state index contributed by atoms with van der Waals surface area (Å²) in [6.45, 7) is -0.102.